The van der Waals surface area contributed by atoms with E-state index in [9.17, 15) is 4.79 Å². The molecule has 2 fully saturated rings. The number of rotatable bonds is 5. The van der Waals surface area contributed by atoms with E-state index in [1.54, 1.807) is 24.3 Å². The first-order chi connectivity index (χ1) is 12.5. The summed E-state index contributed by atoms with van der Waals surface area (Å²) in [5.74, 6) is 1.55. The standard InChI is InChI=1S/C19H26N4O2S/c1-10-7-18(23-25-10)22-19(24)14-9-17(26-11(14)2)15-8-16(15)21-13-5-3-12(20)4-6-13/h7,9,12-13,15-16,21H,3-6,8,20H2,1-2H3,(H,22,23,24). The quantitative estimate of drug-likeness (QED) is 0.746. The van der Waals surface area contributed by atoms with Gasteiger partial charge in [-0.05, 0) is 52.0 Å². The van der Waals surface area contributed by atoms with Crippen LogP contribution in [-0.2, 0) is 0 Å². The Bertz CT molecular complexity index is 791. The minimum Gasteiger partial charge on any atom is -0.360 e. The van der Waals surface area contributed by atoms with Gasteiger partial charge in [0, 0.05) is 39.9 Å². The Balaban J connectivity index is 1.36. The van der Waals surface area contributed by atoms with E-state index in [0.29, 0.717) is 35.6 Å². The molecule has 7 heteroatoms. The number of anilines is 1. The molecule has 26 heavy (non-hydrogen) atoms. The molecule has 2 aromatic rings. The van der Waals surface area contributed by atoms with Gasteiger partial charge in [0.15, 0.2) is 5.82 Å². The average Bonchev–Trinajstić information content (AvgIpc) is 3.07. The Labute approximate surface area is 157 Å². The highest BCUT2D eigenvalue weighted by atomic mass is 32.1. The maximum atomic E-state index is 12.5. The lowest BCUT2D eigenvalue weighted by atomic mass is 9.92. The molecule has 0 aliphatic heterocycles. The first kappa shape index (κ1) is 17.7. The van der Waals surface area contributed by atoms with Crippen LogP contribution >= 0.6 is 11.3 Å². The van der Waals surface area contributed by atoms with Gasteiger partial charge in [-0.25, -0.2) is 0 Å². The van der Waals surface area contributed by atoms with E-state index in [1.807, 2.05) is 13.0 Å². The predicted octanol–water partition coefficient (Wildman–Crippen LogP) is 3.32. The summed E-state index contributed by atoms with van der Waals surface area (Å²) in [5, 5.41) is 10.4. The van der Waals surface area contributed by atoms with Gasteiger partial charge in [0.2, 0.25) is 0 Å². The number of carbonyl (C=O) groups excluding carboxylic acids is 1. The number of aryl methyl sites for hydroxylation is 2. The number of hydrogen-bond donors (Lipinski definition) is 3. The van der Waals surface area contributed by atoms with E-state index >= 15 is 0 Å². The van der Waals surface area contributed by atoms with Gasteiger partial charge in [0.05, 0.1) is 5.56 Å². The molecule has 2 unspecified atom stereocenters. The molecule has 0 bridgehead atoms. The average molecular weight is 375 g/mol. The van der Waals surface area contributed by atoms with E-state index in [2.05, 4.69) is 15.8 Å². The zero-order valence-electron chi connectivity index (χ0n) is 15.2. The molecule has 0 radical (unpaired) electrons. The third kappa shape index (κ3) is 3.84. The number of carbonyl (C=O) groups is 1. The fraction of sp³-hybridized carbons (Fsp3) is 0.579. The number of hydrogen-bond acceptors (Lipinski definition) is 6. The highest BCUT2D eigenvalue weighted by molar-refractivity contribution is 7.12. The van der Waals surface area contributed by atoms with Gasteiger partial charge in [-0.15, -0.1) is 11.3 Å². The minimum atomic E-state index is -0.121. The van der Waals surface area contributed by atoms with Gasteiger partial charge >= 0.3 is 0 Å². The first-order valence-corrected chi connectivity index (χ1v) is 10.2. The van der Waals surface area contributed by atoms with Gasteiger partial charge in [-0.2, -0.15) is 0 Å². The molecule has 2 heterocycles. The van der Waals surface area contributed by atoms with Crippen molar-refractivity contribution in [1.29, 1.82) is 0 Å². The van der Waals surface area contributed by atoms with Crippen molar-refractivity contribution in [2.45, 2.75) is 70.0 Å². The number of thiophene rings is 1. The van der Waals surface area contributed by atoms with Crippen molar-refractivity contribution in [3.63, 3.8) is 0 Å². The number of nitrogens with zero attached hydrogens (tertiary/aromatic N) is 1. The minimum absolute atomic E-state index is 0.121. The molecule has 2 saturated carbocycles. The number of aromatic nitrogens is 1. The van der Waals surface area contributed by atoms with E-state index in [-0.39, 0.29) is 5.91 Å². The van der Waals surface area contributed by atoms with E-state index in [1.165, 1.54) is 17.7 Å². The molecule has 6 nitrogen and oxygen atoms in total. The van der Waals surface area contributed by atoms with Crippen molar-refractivity contribution < 1.29 is 9.32 Å². The highest BCUT2D eigenvalue weighted by Crippen LogP contribution is 2.45. The lowest BCUT2D eigenvalue weighted by Crippen LogP contribution is -2.38. The van der Waals surface area contributed by atoms with Crippen molar-refractivity contribution in [3.8, 4) is 0 Å². The summed E-state index contributed by atoms with van der Waals surface area (Å²) in [6.45, 7) is 3.81. The Kier molecular flexibility index (Phi) is 4.86. The third-order valence-electron chi connectivity index (χ3n) is 5.43. The molecule has 0 aromatic carbocycles. The summed E-state index contributed by atoms with van der Waals surface area (Å²) in [4.78, 5) is 14.9. The van der Waals surface area contributed by atoms with E-state index < -0.39 is 0 Å². The van der Waals surface area contributed by atoms with Crippen molar-refractivity contribution >= 4 is 23.1 Å². The molecule has 140 valence electrons. The third-order valence-corrected chi connectivity index (χ3v) is 6.61. The number of amides is 1. The number of nitrogens with one attached hydrogen (secondary N) is 2. The fourth-order valence-corrected chi connectivity index (χ4v) is 5.01. The maximum Gasteiger partial charge on any atom is 0.258 e. The van der Waals surface area contributed by atoms with Crippen LogP contribution in [0.5, 0.6) is 0 Å². The molecule has 0 spiro atoms. The molecule has 2 aromatic heterocycles. The van der Waals surface area contributed by atoms with Gasteiger partial charge in [0.1, 0.15) is 5.76 Å². The second-order valence-electron chi connectivity index (χ2n) is 7.62. The smallest absolute Gasteiger partial charge is 0.258 e. The van der Waals surface area contributed by atoms with Crippen LogP contribution in [0.25, 0.3) is 0 Å². The molecule has 2 aliphatic carbocycles. The van der Waals surface area contributed by atoms with Crippen LogP contribution in [0.3, 0.4) is 0 Å². The maximum absolute atomic E-state index is 12.5. The zero-order chi connectivity index (χ0) is 18.3. The summed E-state index contributed by atoms with van der Waals surface area (Å²) in [6.07, 6.45) is 5.77. The predicted molar refractivity (Wildman–Crippen MR) is 103 cm³/mol. The van der Waals surface area contributed by atoms with Crippen LogP contribution in [0.4, 0.5) is 5.82 Å². The van der Waals surface area contributed by atoms with Gasteiger partial charge in [-0.3, -0.25) is 4.79 Å². The normalized spacial score (nSPS) is 28.1. The highest BCUT2D eigenvalue weighted by Gasteiger charge is 2.41. The molecular formula is C19H26N4O2S. The van der Waals surface area contributed by atoms with Gasteiger partial charge in [-0.1, -0.05) is 5.16 Å². The summed E-state index contributed by atoms with van der Waals surface area (Å²) in [6, 6.07) is 5.30. The second kappa shape index (κ2) is 7.13. The lowest BCUT2D eigenvalue weighted by Gasteiger charge is -2.27. The molecule has 4 rings (SSSR count). The molecule has 2 atom stereocenters. The van der Waals surface area contributed by atoms with Crippen LogP contribution < -0.4 is 16.4 Å². The Morgan fingerprint density at radius 1 is 1.27 bits per heavy atom. The summed E-state index contributed by atoms with van der Waals surface area (Å²) in [5.41, 5.74) is 6.73. The topological polar surface area (TPSA) is 93.2 Å². The van der Waals surface area contributed by atoms with Gasteiger partial charge in [0.25, 0.3) is 5.91 Å². The van der Waals surface area contributed by atoms with E-state index in [0.717, 1.165) is 29.7 Å². The van der Waals surface area contributed by atoms with Crippen LogP contribution in [0.2, 0.25) is 0 Å². The van der Waals surface area contributed by atoms with Crippen molar-refractivity contribution in [2.24, 2.45) is 5.73 Å². The van der Waals surface area contributed by atoms with Crippen LogP contribution in [0.1, 0.15) is 63.9 Å². The molecule has 0 saturated heterocycles. The summed E-state index contributed by atoms with van der Waals surface area (Å²) >= 11 is 1.73. The number of nitrogens with two attached hydrogens (primary N) is 1. The molecule has 1 amide bonds. The van der Waals surface area contributed by atoms with Crippen LogP contribution in [0.15, 0.2) is 16.7 Å². The second-order valence-corrected chi connectivity index (χ2v) is 8.91. The van der Waals surface area contributed by atoms with Gasteiger partial charge < -0.3 is 20.9 Å². The summed E-state index contributed by atoms with van der Waals surface area (Å²) < 4.78 is 5.00. The first-order valence-electron chi connectivity index (χ1n) is 9.36. The lowest BCUT2D eigenvalue weighted by molar-refractivity contribution is 0.102. The monoisotopic (exact) mass is 374 g/mol. The van der Waals surface area contributed by atoms with E-state index in [4.69, 9.17) is 10.3 Å². The van der Waals surface area contributed by atoms with Crippen LogP contribution in [0, 0.1) is 13.8 Å². The zero-order valence-corrected chi connectivity index (χ0v) is 16.1. The van der Waals surface area contributed by atoms with Crippen molar-refractivity contribution in [2.75, 3.05) is 5.32 Å². The Hall–Kier alpha value is -1.70. The largest absolute Gasteiger partial charge is 0.360 e. The van der Waals surface area contributed by atoms with Crippen molar-refractivity contribution in [1.82, 2.24) is 10.5 Å². The molecule has 2 aliphatic rings. The molecule has 4 N–H and O–H groups in total. The Morgan fingerprint density at radius 2 is 2.04 bits per heavy atom. The van der Waals surface area contributed by atoms with Crippen LogP contribution in [-0.4, -0.2) is 29.2 Å². The fourth-order valence-electron chi connectivity index (χ4n) is 3.80. The Morgan fingerprint density at radius 3 is 2.73 bits per heavy atom. The van der Waals surface area contributed by atoms with Crippen molar-refractivity contribution in [3.05, 3.63) is 33.2 Å². The SMILES string of the molecule is Cc1cc(NC(=O)c2cc(C3CC3NC3CCC(N)CC3)sc2C)no1. The molecular weight excluding hydrogens is 348 g/mol. The summed E-state index contributed by atoms with van der Waals surface area (Å²) in [7, 11) is 0.